The summed E-state index contributed by atoms with van der Waals surface area (Å²) in [7, 11) is 1.38. The third-order valence-corrected chi connectivity index (χ3v) is 2.30. The van der Waals surface area contributed by atoms with Gasteiger partial charge in [0, 0.05) is 7.11 Å². The molecule has 0 amide bonds. The van der Waals surface area contributed by atoms with Gasteiger partial charge < -0.3 is 24.8 Å². The van der Waals surface area contributed by atoms with Crippen molar-refractivity contribution in [3.63, 3.8) is 0 Å². The molecule has 1 heterocycles. The lowest BCUT2D eigenvalue weighted by atomic mass is 9.97. The summed E-state index contributed by atoms with van der Waals surface area (Å²) in [5.74, 6) is 0. The Morgan fingerprint density at radius 2 is 1.77 bits per heavy atom. The van der Waals surface area contributed by atoms with E-state index >= 15 is 0 Å². The Balaban J connectivity index is 2.66. The van der Waals surface area contributed by atoms with Crippen molar-refractivity contribution < 1.29 is 24.8 Å². The Hall–Kier alpha value is -0.200. The molecule has 5 atom stereocenters. The fourth-order valence-electron chi connectivity index (χ4n) is 1.45. The molecule has 0 aromatic carbocycles. The molecule has 3 unspecified atom stereocenters. The van der Waals surface area contributed by atoms with Crippen molar-refractivity contribution in [3.05, 3.63) is 0 Å². The van der Waals surface area contributed by atoms with Crippen LogP contribution >= 0.6 is 0 Å². The Labute approximate surface area is 76.9 Å². The molecule has 1 rings (SSSR count). The molecule has 0 aromatic rings. The average Bonchev–Trinajstić information content (AvgIpc) is 2.15. The number of methoxy groups -OCH3 is 1. The van der Waals surface area contributed by atoms with Crippen molar-refractivity contribution in [1.29, 1.82) is 0 Å². The highest BCUT2D eigenvalue weighted by Crippen LogP contribution is 2.23. The first-order valence-corrected chi connectivity index (χ1v) is 4.34. The number of ether oxygens (including phenoxy) is 2. The third-order valence-electron chi connectivity index (χ3n) is 2.30. The van der Waals surface area contributed by atoms with Crippen LogP contribution in [0.25, 0.3) is 0 Å². The predicted octanol–water partition coefficient (Wildman–Crippen LogP) is -1.15. The first-order chi connectivity index (χ1) is 6.11. The van der Waals surface area contributed by atoms with Crippen molar-refractivity contribution in [3.8, 4) is 0 Å². The molecule has 1 saturated heterocycles. The molecule has 3 N–H and O–H groups in total. The SMILES string of the molecule is CCC1OC(OC)[C@@H](O)C(O)[C@@H]1O. The second-order valence-electron chi connectivity index (χ2n) is 3.16. The van der Waals surface area contributed by atoms with Gasteiger partial charge in [-0.1, -0.05) is 6.92 Å². The van der Waals surface area contributed by atoms with Crippen molar-refractivity contribution >= 4 is 0 Å². The van der Waals surface area contributed by atoms with E-state index in [0.717, 1.165) is 0 Å². The van der Waals surface area contributed by atoms with Crippen molar-refractivity contribution in [2.24, 2.45) is 0 Å². The third kappa shape index (κ3) is 2.00. The molecule has 5 nitrogen and oxygen atoms in total. The maximum Gasteiger partial charge on any atom is 0.186 e. The van der Waals surface area contributed by atoms with Crippen LogP contribution in [0, 0.1) is 0 Å². The maximum absolute atomic E-state index is 9.43. The molecule has 13 heavy (non-hydrogen) atoms. The fraction of sp³-hybridized carbons (Fsp3) is 1.00. The van der Waals surface area contributed by atoms with E-state index in [2.05, 4.69) is 0 Å². The van der Waals surface area contributed by atoms with Crippen LogP contribution in [0.2, 0.25) is 0 Å². The van der Waals surface area contributed by atoms with Gasteiger partial charge in [0.05, 0.1) is 6.10 Å². The van der Waals surface area contributed by atoms with Crippen molar-refractivity contribution in [2.45, 2.75) is 44.1 Å². The average molecular weight is 192 g/mol. The molecule has 0 bridgehead atoms. The van der Waals surface area contributed by atoms with Gasteiger partial charge in [0.25, 0.3) is 0 Å². The summed E-state index contributed by atoms with van der Waals surface area (Å²) in [6.07, 6.45) is -4.23. The van der Waals surface area contributed by atoms with E-state index in [1.165, 1.54) is 7.11 Å². The Morgan fingerprint density at radius 1 is 1.15 bits per heavy atom. The Bertz CT molecular complexity index is 143. The van der Waals surface area contributed by atoms with Gasteiger partial charge in [-0.3, -0.25) is 0 Å². The number of rotatable bonds is 2. The van der Waals surface area contributed by atoms with Gasteiger partial charge in [0.15, 0.2) is 6.29 Å². The van der Waals surface area contributed by atoms with E-state index in [4.69, 9.17) is 9.47 Å². The molecule has 0 saturated carbocycles. The summed E-state index contributed by atoms with van der Waals surface area (Å²) in [5.41, 5.74) is 0. The van der Waals surface area contributed by atoms with Crippen LogP contribution < -0.4 is 0 Å². The molecule has 0 aromatic heterocycles. The van der Waals surface area contributed by atoms with Crippen LogP contribution in [0.5, 0.6) is 0 Å². The molecular formula is C8H16O5. The Morgan fingerprint density at radius 3 is 2.23 bits per heavy atom. The molecular weight excluding hydrogens is 176 g/mol. The van der Waals surface area contributed by atoms with Crippen molar-refractivity contribution in [2.75, 3.05) is 7.11 Å². The largest absolute Gasteiger partial charge is 0.388 e. The van der Waals surface area contributed by atoms with Gasteiger partial charge >= 0.3 is 0 Å². The van der Waals surface area contributed by atoms with Crippen LogP contribution in [-0.2, 0) is 9.47 Å². The maximum atomic E-state index is 9.43. The minimum Gasteiger partial charge on any atom is -0.388 e. The zero-order chi connectivity index (χ0) is 10.0. The van der Waals surface area contributed by atoms with Gasteiger partial charge in [-0.15, -0.1) is 0 Å². The van der Waals surface area contributed by atoms with E-state index in [-0.39, 0.29) is 0 Å². The van der Waals surface area contributed by atoms with Gasteiger partial charge in [0.2, 0.25) is 0 Å². The summed E-state index contributed by atoms with van der Waals surface area (Å²) >= 11 is 0. The number of hydrogen-bond donors (Lipinski definition) is 3. The zero-order valence-electron chi connectivity index (χ0n) is 7.75. The van der Waals surface area contributed by atoms with E-state index in [1.54, 1.807) is 0 Å². The van der Waals surface area contributed by atoms with Crippen LogP contribution in [0.4, 0.5) is 0 Å². The molecule has 5 heteroatoms. The highest BCUT2D eigenvalue weighted by atomic mass is 16.7. The van der Waals surface area contributed by atoms with E-state index in [9.17, 15) is 15.3 Å². The van der Waals surface area contributed by atoms with Crippen molar-refractivity contribution in [1.82, 2.24) is 0 Å². The lowest BCUT2D eigenvalue weighted by Gasteiger charge is -2.39. The highest BCUT2D eigenvalue weighted by molar-refractivity contribution is 4.88. The molecule has 0 spiro atoms. The quantitative estimate of drug-likeness (QED) is 0.515. The Kier molecular flexibility index (Phi) is 3.63. The van der Waals surface area contributed by atoms with E-state index in [1.807, 2.05) is 6.92 Å². The lowest BCUT2D eigenvalue weighted by Crippen LogP contribution is -2.57. The molecule has 1 aliphatic rings. The molecule has 0 radical (unpaired) electrons. The topological polar surface area (TPSA) is 79.2 Å². The van der Waals surface area contributed by atoms with Crippen LogP contribution in [-0.4, -0.2) is 53.1 Å². The number of aliphatic hydroxyl groups is 3. The zero-order valence-corrected chi connectivity index (χ0v) is 7.75. The van der Waals surface area contributed by atoms with Gasteiger partial charge in [0.1, 0.15) is 18.3 Å². The molecule has 0 aliphatic carbocycles. The number of aliphatic hydroxyl groups excluding tert-OH is 3. The first kappa shape index (κ1) is 10.9. The first-order valence-electron chi connectivity index (χ1n) is 4.34. The smallest absolute Gasteiger partial charge is 0.186 e. The van der Waals surface area contributed by atoms with Crippen LogP contribution in [0.15, 0.2) is 0 Å². The monoisotopic (exact) mass is 192 g/mol. The normalized spacial score (nSPS) is 46.4. The van der Waals surface area contributed by atoms with Gasteiger partial charge in [-0.25, -0.2) is 0 Å². The number of hydrogen-bond acceptors (Lipinski definition) is 5. The van der Waals surface area contributed by atoms with Gasteiger partial charge in [-0.05, 0) is 6.42 Å². The summed E-state index contributed by atoms with van der Waals surface area (Å²) in [4.78, 5) is 0. The molecule has 1 fully saturated rings. The van der Waals surface area contributed by atoms with Gasteiger partial charge in [-0.2, -0.15) is 0 Å². The minimum absolute atomic E-state index is 0.483. The summed E-state index contributed by atoms with van der Waals surface area (Å²) < 4.78 is 10.0. The second kappa shape index (κ2) is 4.34. The molecule has 78 valence electrons. The standard InChI is InChI=1S/C8H16O5/c1-3-4-5(9)6(10)7(11)8(12-2)13-4/h4-11H,3H2,1-2H3/t4?,5-,6?,7+,8?/m1/s1. The summed E-state index contributed by atoms with van der Waals surface area (Å²) in [6, 6.07) is 0. The lowest BCUT2D eigenvalue weighted by molar-refractivity contribution is -0.290. The minimum atomic E-state index is -1.20. The fourth-order valence-corrected chi connectivity index (χ4v) is 1.45. The van der Waals surface area contributed by atoms with E-state index in [0.29, 0.717) is 6.42 Å². The van der Waals surface area contributed by atoms with Crippen LogP contribution in [0.1, 0.15) is 13.3 Å². The van der Waals surface area contributed by atoms with E-state index < -0.39 is 30.7 Å². The summed E-state index contributed by atoms with van der Waals surface area (Å²) in [5, 5.41) is 28.2. The molecule has 1 aliphatic heterocycles. The predicted molar refractivity (Wildman–Crippen MR) is 44.0 cm³/mol. The highest BCUT2D eigenvalue weighted by Gasteiger charge is 2.42. The summed E-state index contributed by atoms with van der Waals surface area (Å²) in [6.45, 7) is 1.82. The second-order valence-corrected chi connectivity index (χ2v) is 3.16. The van der Waals surface area contributed by atoms with Crippen LogP contribution in [0.3, 0.4) is 0 Å².